The van der Waals surface area contributed by atoms with Gasteiger partial charge in [-0.3, -0.25) is 4.79 Å². The topological polar surface area (TPSA) is 60.2 Å². The van der Waals surface area contributed by atoms with E-state index >= 15 is 0 Å². The Hall–Kier alpha value is -2.63. The van der Waals surface area contributed by atoms with Gasteiger partial charge in [0.1, 0.15) is 25.4 Å². The Balaban J connectivity index is 1.67. The van der Waals surface area contributed by atoms with Crippen molar-refractivity contribution in [3.05, 3.63) is 64.4 Å². The summed E-state index contributed by atoms with van der Waals surface area (Å²) < 4.78 is 11.3. The lowest BCUT2D eigenvalue weighted by atomic mass is 10.0. The Morgan fingerprint density at radius 3 is 2.69 bits per heavy atom. The number of phenols is 1. The maximum atomic E-state index is 12.8. The molecule has 134 valence electrons. The molecule has 0 atom stereocenters. The highest BCUT2D eigenvalue weighted by atomic mass is 16.5. The first-order valence-electron chi connectivity index (χ1n) is 8.89. The Morgan fingerprint density at radius 1 is 1.15 bits per heavy atom. The number of carbonyl (C=O) groups is 1. The highest BCUT2D eigenvalue weighted by Gasteiger charge is 2.32. The van der Waals surface area contributed by atoms with Crippen LogP contribution in [0.15, 0.2) is 42.2 Å². The molecule has 2 aromatic carbocycles. The van der Waals surface area contributed by atoms with Gasteiger partial charge in [0.2, 0.25) is 5.78 Å². The third-order valence-electron chi connectivity index (χ3n) is 5.02. The molecule has 2 N–H and O–H groups in total. The van der Waals surface area contributed by atoms with Crippen molar-refractivity contribution in [3.8, 4) is 11.5 Å². The zero-order chi connectivity index (χ0) is 18.1. The predicted octanol–water partition coefficient (Wildman–Crippen LogP) is 1.73. The number of allylic oxidation sites excluding steroid dienone is 1. The molecule has 5 nitrogen and oxygen atoms in total. The molecule has 0 amide bonds. The normalized spacial score (nSPS) is 18.8. The standard InChI is InChI=1S/C21H21NO4/c1-14-4-2-3-5-15(14)12-19-20(24)16-6-7-18(23)17(21(16)26-19)13-22-8-10-25-11-9-22/h2-7,12,23H,8-11,13H2,1H3/p+1/b19-12+. The van der Waals surface area contributed by atoms with Gasteiger partial charge in [-0.25, -0.2) is 0 Å². The molecule has 26 heavy (non-hydrogen) atoms. The van der Waals surface area contributed by atoms with Crippen molar-refractivity contribution in [1.29, 1.82) is 0 Å². The zero-order valence-electron chi connectivity index (χ0n) is 14.7. The van der Waals surface area contributed by atoms with E-state index in [-0.39, 0.29) is 11.5 Å². The second-order valence-electron chi connectivity index (χ2n) is 6.78. The van der Waals surface area contributed by atoms with E-state index in [9.17, 15) is 9.90 Å². The number of morpholine rings is 1. The third kappa shape index (κ3) is 3.11. The van der Waals surface area contributed by atoms with E-state index in [4.69, 9.17) is 9.47 Å². The van der Waals surface area contributed by atoms with Crippen LogP contribution in [0.1, 0.15) is 27.0 Å². The van der Waals surface area contributed by atoms with Gasteiger partial charge in [-0.05, 0) is 36.3 Å². The molecular formula is C21H22NO4+. The molecule has 5 heteroatoms. The van der Waals surface area contributed by atoms with Gasteiger partial charge >= 0.3 is 0 Å². The van der Waals surface area contributed by atoms with Crippen molar-refractivity contribution >= 4 is 11.9 Å². The molecule has 2 aromatic rings. The van der Waals surface area contributed by atoms with Crippen molar-refractivity contribution in [2.24, 2.45) is 0 Å². The van der Waals surface area contributed by atoms with E-state index in [2.05, 4.69) is 0 Å². The van der Waals surface area contributed by atoms with Gasteiger partial charge < -0.3 is 19.5 Å². The van der Waals surface area contributed by atoms with Gasteiger partial charge in [-0.15, -0.1) is 0 Å². The second kappa shape index (κ2) is 6.94. The lowest BCUT2D eigenvalue weighted by molar-refractivity contribution is -0.921. The van der Waals surface area contributed by atoms with Crippen LogP contribution in [0, 0.1) is 6.92 Å². The van der Waals surface area contributed by atoms with Crippen LogP contribution >= 0.6 is 0 Å². The minimum Gasteiger partial charge on any atom is -0.507 e. The fraction of sp³-hybridized carbons (Fsp3) is 0.286. The molecule has 0 saturated carbocycles. The van der Waals surface area contributed by atoms with Crippen molar-refractivity contribution < 1.29 is 24.3 Å². The lowest BCUT2D eigenvalue weighted by Crippen LogP contribution is -3.12. The summed E-state index contributed by atoms with van der Waals surface area (Å²) in [5.74, 6) is 0.834. The van der Waals surface area contributed by atoms with Crippen LogP contribution in [0.2, 0.25) is 0 Å². The summed E-state index contributed by atoms with van der Waals surface area (Å²) in [6.07, 6.45) is 1.78. The van der Waals surface area contributed by atoms with Crippen LogP contribution in [-0.2, 0) is 11.3 Å². The average Bonchev–Trinajstić information content (AvgIpc) is 2.96. The van der Waals surface area contributed by atoms with E-state index < -0.39 is 0 Å². The van der Waals surface area contributed by atoms with Crippen LogP contribution in [0.3, 0.4) is 0 Å². The molecule has 1 fully saturated rings. The molecule has 2 aliphatic rings. The monoisotopic (exact) mass is 352 g/mol. The number of rotatable bonds is 3. The Labute approximate surface area is 152 Å². The molecule has 0 unspecified atom stereocenters. The smallest absolute Gasteiger partial charge is 0.231 e. The number of Topliss-reactive ketones (excluding diaryl/α,β-unsaturated/α-hetero) is 1. The number of benzene rings is 2. The van der Waals surface area contributed by atoms with E-state index in [0.29, 0.717) is 42.4 Å². The second-order valence-corrected chi connectivity index (χ2v) is 6.78. The number of quaternary nitrogens is 1. The SMILES string of the molecule is Cc1ccccc1/C=C1/Oc2c(ccc(O)c2C[NH+]2CCOCC2)C1=O. The number of phenolic OH excluding ortho intramolecular Hbond substituents is 1. The van der Waals surface area contributed by atoms with E-state index in [1.165, 1.54) is 4.90 Å². The summed E-state index contributed by atoms with van der Waals surface area (Å²) in [5, 5.41) is 10.4. The van der Waals surface area contributed by atoms with Crippen molar-refractivity contribution in [2.45, 2.75) is 13.5 Å². The largest absolute Gasteiger partial charge is 0.507 e. The highest BCUT2D eigenvalue weighted by Crippen LogP contribution is 2.39. The van der Waals surface area contributed by atoms with Crippen LogP contribution in [0.4, 0.5) is 0 Å². The number of hydrogen-bond acceptors (Lipinski definition) is 4. The number of hydrogen-bond donors (Lipinski definition) is 2. The number of ether oxygens (including phenoxy) is 2. The minimum atomic E-state index is -0.138. The van der Waals surface area contributed by atoms with Crippen molar-refractivity contribution in [2.75, 3.05) is 26.3 Å². The molecule has 0 aliphatic carbocycles. The fourth-order valence-corrected chi connectivity index (χ4v) is 3.44. The molecule has 0 spiro atoms. The maximum Gasteiger partial charge on any atom is 0.231 e. The molecule has 2 heterocycles. The number of aryl methyl sites for hydroxylation is 1. The number of fused-ring (bicyclic) bond motifs is 1. The molecule has 4 rings (SSSR count). The quantitative estimate of drug-likeness (QED) is 0.826. The molecule has 1 saturated heterocycles. The number of aromatic hydroxyl groups is 1. The first-order valence-corrected chi connectivity index (χ1v) is 8.89. The van der Waals surface area contributed by atoms with Crippen molar-refractivity contribution in [1.82, 2.24) is 0 Å². The summed E-state index contributed by atoms with van der Waals surface area (Å²) in [7, 11) is 0. The number of carbonyl (C=O) groups excluding carboxylic acids is 1. The summed E-state index contributed by atoms with van der Waals surface area (Å²) in [6.45, 7) is 5.79. The summed E-state index contributed by atoms with van der Waals surface area (Å²) in [4.78, 5) is 14.1. The number of nitrogens with one attached hydrogen (secondary N) is 1. The van der Waals surface area contributed by atoms with Gasteiger partial charge in [-0.1, -0.05) is 24.3 Å². The molecule has 0 bridgehead atoms. The minimum absolute atomic E-state index is 0.138. The molecule has 2 aliphatic heterocycles. The summed E-state index contributed by atoms with van der Waals surface area (Å²) in [5.41, 5.74) is 3.24. The maximum absolute atomic E-state index is 12.8. The first kappa shape index (κ1) is 16.8. The summed E-state index contributed by atoms with van der Waals surface area (Å²) in [6, 6.07) is 11.1. The average molecular weight is 352 g/mol. The summed E-state index contributed by atoms with van der Waals surface area (Å²) >= 11 is 0. The van der Waals surface area contributed by atoms with Gasteiger partial charge in [0.15, 0.2) is 11.5 Å². The van der Waals surface area contributed by atoms with Gasteiger partial charge in [-0.2, -0.15) is 0 Å². The van der Waals surface area contributed by atoms with Crippen molar-refractivity contribution in [3.63, 3.8) is 0 Å². The fourth-order valence-electron chi connectivity index (χ4n) is 3.44. The van der Waals surface area contributed by atoms with E-state index in [1.807, 2.05) is 31.2 Å². The van der Waals surface area contributed by atoms with Gasteiger partial charge in [0.25, 0.3) is 0 Å². The Kier molecular flexibility index (Phi) is 4.49. The Morgan fingerprint density at radius 2 is 1.92 bits per heavy atom. The molecule has 0 aromatic heterocycles. The predicted molar refractivity (Wildman–Crippen MR) is 97.4 cm³/mol. The van der Waals surface area contributed by atoms with Gasteiger partial charge in [0.05, 0.1) is 24.3 Å². The molecular weight excluding hydrogens is 330 g/mol. The third-order valence-corrected chi connectivity index (χ3v) is 5.02. The lowest BCUT2D eigenvalue weighted by Gasteiger charge is -2.24. The van der Waals surface area contributed by atoms with Gasteiger partial charge in [0, 0.05) is 0 Å². The van der Waals surface area contributed by atoms with E-state index in [0.717, 1.165) is 24.2 Å². The van der Waals surface area contributed by atoms with E-state index in [1.54, 1.807) is 18.2 Å². The van der Waals surface area contributed by atoms with Crippen LogP contribution in [0.25, 0.3) is 6.08 Å². The zero-order valence-corrected chi connectivity index (χ0v) is 14.7. The molecule has 0 radical (unpaired) electrons. The Bertz CT molecular complexity index is 882. The van der Waals surface area contributed by atoms with Crippen LogP contribution in [0.5, 0.6) is 11.5 Å². The van der Waals surface area contributed by atoms with Crippen LogP contribution < -0.4 is 9.64 Å². The van der Waals surface area contributed by atoms with Crippen LogP contribution in [-0.4, -0.2) is 37.2 Å². The first-order chi connectivity index (χ1) is 12.6. The number of ketones is 1. The highest BCUT2D eigenvalue weighted by molar-refractivity contribution is 6.15.